The first kappa shape index (κ1) is 21.2. The Morgan fingerprint density at radius 3 is 2.31 bits per heavy atom. The van der Waals surface area contributed by atoms with E-state index in [2.05, 4.69) is 14.7 Å². The first-order valence-electron chi connectivity index (χ1n) is 9.09. The minimum absolute atomic E-state index is 0.108. The summed E-state index contributed by atoms with van der Waals surface area (Å²) >= 11 is 0. The maximum absolute atomic E-state index is 13.9. The quantitative estimate of drug-likeness (QED) is 0.171. The minimum atomic E-state index is -3.47. The second-order valence-corrected chi connectivity index (χ2v) is 6.53. The zero-order valence-electron chi connectivity index (χ0n) is 16.0. The summed E-state index contributed by atoms with van der Waals surface area (Å²) in [6.45, 7) is -3.47. The Morgan fingerprint density at radius 1 is 0.969 bits per heavy atom. The SMILES string of the molecule is O=C(c1ccccc1)c1ccc2nc(/N=C(/F)OC(F)F)c(-c3cc(F)cc(F)c3)n2c1. The van der Waals surface area contributed by atoms with Crippen molar-refractivity contribution in [1.82, 2.24) is 9.38 Å². The molecule has 0 aliphatic heterocycles. The number of imidazole rings is 1. The molecule has 0 fully saturated rings. The van der Waals surface area contributed by atoms with E-state index in [4.69, 9.17) is 0 Å². The number of carbonyl (C=O) groups excluding carboxylic acids is 1. The standard InChI is InChI=1S/C22H12F5N3O2/c23-15-8-14(9-16(24)10-15)18-20(29-22(27)32-21(25)26)28-17-7-6-13(11-30(17)18)19(31)12-4-2-1-3-5-12/h1-11,21H/b29-22-. The fourth-order valence-corrected chi connectivity index (χ4v) is 3.14. The summed E-state index contributed by atoms with van der Waals surface area (Å²) < 4.78 is 71.0. The number of hydrogen-bond acceptors (Lipinski definition) is 4. The van der Waals surface area contributed by atoms with Gasteiger partial charge in [0.25, 0.3) is 0 Å². The van der Waals surface area contributed by atoms with Crippen molar-refractivity contribution in [3.05, 3.63) is 89.6 Å². The molecule has 0 aliphatic rings. The van der Waals surface area contributed by atoms with Gasteiger partial charge in [0.15, 0.2) is 11.6 Å². The number of ketones is 1. The van der Waals surface area contributed by atoms with E-state index in [1.807, 2.05) is 0 Å². The molecule has 0 amide bonds. The van der Waals surface area contributed by atoms with Crippen molar-refractivity contribution in [3.8, 4) is 11.3 Å². The van der Waals surface area contributed by atoms with Crippen LogP contribution in [0.2, 0.25) is 0 Å². The number of ether oxygens (including phenoxy) is 1. The molecule has 32 heavy (non-hydrogen) atoms. The maximum Gasteiger partial charge on any atom is 0.390 e. The molecule has 2 heterocycles. The fourth-order valence-electron chi connectivity index (χ4n) is 3.14. The lowest BCUT2D eigenvalue weighted by Gasteiger charge is -2.07. The van der Waals surface area contributed by atoms with E-state index < -0.39 is 30.2 Å². The van der Waals surface area contributed by atoms with Gasteiger partial charge >= 0.3 is 12.8 Å². The van der Waals surface area contributed by atoms with Crippen molar-refractivity contribution in [3.63, 3.8) is 0 Å². The summed E-state index contributed by atoms with van der Waals surface area (Å²) in [5.41, 5.74) is 0.467. The zero-order valence-corrected chi connectivity index (χ0v) is 16.0. The van der Waals surface area contributed by atoms with Gasteiger partial charge < -0.3 is 4.74 Å². The van der Waals surface area contributed by atoms with Crippen LogP contribution in [0.4, 0.5) is 27.8 Å². The molecule has 0 atom stereocenters. The Morgan fingerprint density at radius 2 is 1.66 bits per heavy atom. The van der Waals surface area contributed by atoms with Gasteiger partial charge in [0.2, 0.25) is 0 Å². The molecule has 0 N–H and O–H groups in total. The lowest BCUT2D eigenvalue weighted by atomic mass is 10.1. The number of pyridine rings is 1. The Bertz CT molecular complexity index is 1320. The van der Waals surface area contributed by atoms with Crippen LogP contribution in [0, 0.1) is 11.6 Å². The summed E-state index contributed by atoms with van der Waals surface area (Å²) in [6.07, 6.45) is -0.553. The molecule has 2 aromatic carbocycles. The zero-order chi connectivity index (χ0) is 22.8. The van der Waals surface area contributed by atoms with E-state index in [0.717, 1.165) is 12.1 Å². The van der Waals surface area contributed by atoms with E-state index in [-0.39, 0.29) is 28.3 Å². The van der Waals surface area contributed by atoms with Crippen LogP contribution in [-0.4, -0.2) is 27.9 Å². The molecule has 4 aromatic rings. The van der Waals surface area contributed by atoms with Crippen molar-refractivity contribution in [2.24, 2.45) is 4.99 Å². The van der Waals surface area contributed by atoms with Crippen LogP contribution in [0.3, 0.4) is 0 Å². The Labute approximate surface area is 177 Å². The van der Waals surface area contributed by atoms with Crippen molar-refractivity contribution in [1.29, 1.82) is 0 Å². The highest BCUT2D eigenvalue weighted by Crippen LogP contribution is 2.33. The van der Waals surface area contributed by atoms with Crippen molar-refractivity contribution in [2.45, 2.75) is 6.61 Å². The molecule has 0 radical (unpaired) electrons. The summed E-state index contributed by atoms with van der Waals surface area (Å²) in [7, 11) is 0. The molecule has 5 nitrogen and oxygen atoms in total. The lowest BCUT2D eigenvalue weighted by molar-refractivity contribution is -0.0688. The third-order valence-corrected chi connectivity index (χ3v) is 4.41. The number of hydrogen-bond donors (Lipinski definition) is 0. The molecule has 0 bridgehead atoms. The van der Waals surface area contributed by atoms with Crippen LogP contribution < -0.4 is 0 Å². The van der Waals surface area contributed by atoms with Crippen molar-refractivity contribution >= 4 is 23.4 Å². The number of halogens is 5. The van der Waals surface area contributed by atoms with Gasteiger partial charge in [-0.1, -0.05) is 30.3 Å². The van der Waals surface area contributed by atoms with Crippen LogP contribution in [0.25, 0.3) is 16.9 Å². The molecule has 4 rings (SSSR count). The highest BCUT2D eigenvalue weighted by molar-refractivity contribution is 6.09. The van der Waals surface area contributed by atoms with Crippen LogP contribution in [0.15, 0.2) is 71.9 Å². The first-order chi connectivity index (χ1) is 15.3. The number of benzene rings is 2. The topological polar surface area (TPSA) is 56.0 Å². The number of nitrogens with zero attached hydrogens (tertiary/aromatic N) is 3. The van der Waals surface area contributed by atoms with Gasteiger partial charge in [-0.15, -0.1) is 4.39 Å². The highest BCUT2D eigenvalue weighted by Gasteiger charge is 2.20. The molecule has 2 aromatic heterocycles. The summed E-state index contributed by atoms with van der Waals surface area (Å²) in [6, 6.07) is 13.7. The minimum Gasteiger partial charge on any atom is -0.393 e. The predicted molar refractivity (Wildman–Crippen MR) is 106 cm³/mol. The second-order valence-electron chi connectivity index (χ2n) is 6.53. The van der Waals surface area contributed by atoms with E-state index >= 15 is 0 Å². The summed E-state index contributed by atoms with van der Waals surface area (Å²) in [5.74, 6) is -2.70. The average Bonchev–Trinajstić information content (AvgIpc) is 3.09. The van der Waals surface area contributed by atoms with Gasteiger partial charge in [0, 0.05) is 29.0 Å². The van der Waals surface area contributed by atoms with Gasteiger partial charge in [-0.05, 0) is 24.3 Å². The third-order valence-electron chi connectivity index (χ3n) is 4.41. The van der Waals surface area contributed by atoms with Gasteiger partial charge in [-0.2, -0.15) is 13.8 Å². The smallest absolute Gasteiger partial charge is 0.390 e. The van der Waals surface area contributed by atoms with E-state index in [9.17, 15) is 26.7 Å². The van der Waals surface area contributed by atoms with E-state index in [1.165, 1.54) is 22.7 Å². The highest BCUT2D eigenvalue weighted by atomic mass is 19.3. The second kappa shape index (κ2) is 8.58. The van der Waals surface area contributed by atoms with E-state index in [1.54, 1.807) is 30.3 Å². The average molecular weight is 445 g/mol. The molecule has 0 saturated carbocycles. The monoisotopic (exact) mass is 445 g/mol. The number of aliphatic imine (C=N–C) groups is 1. The van der Waals surface area contributed by atoms with Gasteiger partial charge in [-0.3, -0.25) is 9.20 Å². The van der Waals surface area contributed by atoms with Crippen molar-refractivity contribution < 1.29 is 31.5 Å². The van der Waals surface area contributed by atoms with Gasteiger partial charge in [0.1, 0.15) is 17.3 Å². The molecular formula is C22H12F5N3O2. The Balaban J connectivity index is 1.92. The van der Waals surface area contributed by atoms with E-state index in [0.29, 0.717) is 11.6 Å². The first-order valence-corrected chi connectivity index (χ1v) is 9.09. The molecule has 0 saturated heterocycles. The Kier molecular flexibility index (Phi) is 5.67. The maximum atomic E-state index is 13.9. The molecule has 0 unspecified atom stereocenters. The summed E-state index contributed by atoms with van der Waals surface area (Å²) in [5, 5.41) is 0. The fraction of sp³-hybridized carbons (Fsp3) is 0.0455. The van der Waals surface area contributed by atoms with Crippen LogP contribution >= 0.6 is 0 Å². The number of fused-ring (bicyclic) bond motifs is 1. The molecule has 0 spiro atoms. The van der Waals surface area contributed by atoms with Gasteiger partial charge in [-0.25, -0.2) is 13.8 Å². The number of carbonyl (C=O) groups is 1. The third kappa shape index (κ3) is 4.34. The molecule has 162 valence electrons. The number of rotatable bonds is 5. The largest absolute Gasteiger partial charge is 0.393 e. The van der Waals surface area contributed by atoms with Crippen LogP contribution in [0.1, 0.15) is 15.9 Å². The van der Waals surface area contributed by atoms with Crippen LogP contribution in [-0.2, 0) is 4.74 Å². The normalized spacial score (nSPS) is 11.9. The molecule has 0 aliphatic carbocycles. The molecular weight excluding hydrogens is 433 g/mol. The van der Waals surface area contributed by atoms with Gasteiger partial charge in [0.05, 0.1) is 5.69 Å². The lowest BCUT2D eigenvalue weighted by Crippen LogP contribution is -2.04. The predicted octanol–water partition coefficient (Wildman–Crippen LogP) is 5.71. The molecule has 10 heteroatoms. The number of aromatic nitrogens is 2. The Hall–Kier alpha value is -4.08. The van der Waals surface area contributed by atoms with Crippen molar-refractivity contribution in [2.75, 3.05) is 0 Å². The summed E-state index contributed by atoms with van der Waals surface area (Å²) in [4.78, 5) is 20.1. The number of alkyl halides is 2. The van der Waals surface area contributed by atoms with Crippen LogP contribution in [0.5, 0.6) is 0 Å².